The van der Waals surface area contributed by atoms with E-state index in [2.05, 4.69) is 0 Å². The molecule has 4 rings (SSSR count). The molecule has 0 atom stereocenters. The number of ether oxygens (including phenoxy) is 1. The highest BCUT2D eigenvalue weighted by molar-refractivity contribution is 8.26. The molecule has 0 saturated carbocycles. The molecule has 0 spiro atoms. The van der Waals surface area contributed by atoms with E-state index in [1.165, 1.54) is 17.8 Å². The Balaban J connectivity index is 1.52. The average molecular weight is 452 g/mol. The standard InChI is InChI=1S/C23H17NO5S2/c1-28-17-7-5-14(6-8-17)13-24-21(25)20(31-23(24)30)12-18-9-10-19(29-18)15-3-2-4-16(11-15)22(26)27/h2-12H,13H2,1H3,(H,26,27)/b20-12-. The van der Waals surface area contributed by atoms with Crippen molar-refractivity contribution in [2.24, 2.45) is 0 Å². The summed E-state index contributed by atoms with van der Waals surface area (Å²) in [6.45, 7) is 0.372. The van der Waals surface area contributed by atoms with Crippen LogP contribution in [-0.4, -0.2) is 33.3 Å². The van der Waals surface area contributed by atoms with Gasteiger partial charge in [0.1, 0.15) is 21.6 Å². The number of nitrogens with zero attached hydrogens (tertiary/aromatic N) is 1. The predicted octanol–water partition coefficient (Wildman–Crippen LogP) is 5.05. The number of methoxy groups -OCH3 is 1. The van der Waals surface area contributed by atoms with Gasteiger partial charge in [0.05, 0.1) is 24.1 Å². The van der Waals surface area contributed by atoms with Crippen LogP contribution in [0.2, 0.25) is 0 Å². The Morgan fingerprint density at radius 2 is 1.97 bits per heavy atom. The Bertz CT molecular complexity index is 1200. The molecule has 3 aromatic rings. The topological polar surface area (TPSA) is 80.0 Å². The molecule has 1 N–H and O–H groups in total. The number of thiocarbonyl (C=S) groups is 1. The van der Waals surface area contributed by atoms with Crippen LogP contribution in [0.4, 0.5) is 0 Å². The number of carboxylic acid groups (broad SMARTS) is 1. The zero-order valence-corrected chi connectivity index (χ0v) is 18.0. The van der Waals surface area contributed by atoms with E-state index in [4.69, 9.17) is 26.5 Å². The summed E-state index contributed by atoms with van der Waals surface area (Å²) in [5.41, 5.74) is 1.76. The Morgan fingerprint density at radius 3 is 2.68 bits per heavy atom. The number of carbonyl (C=O) groups is 2. The third-order valence-corrected chi connectivity index (χ3v) is 6.05. The molecule has 1 saturated heterocycles. The lowest BCUT2D eigenvalue weighted by molar-refractivity contribution is -0.122. The molecule has 1 aliphatic rings. The normalized spacial score (nSPS) is 15.0. The maximum absolute atomic E-state index is 12.9. The molecule has 1 aromatic heterocycles. The van der Waals surface area contributed by atoms with Crippen LogP contribution in [-0.2, 0) is 11.3 Å². The molecular formula is C23H17NO5S2. The SMILES string of the molecule is COc1ccc(CN2C(=O)/C(=C/c3ccc(-c4cccc(C(=O)O)c4)o3)SC2=S)cc1. The molecule has 0 bridgehead atoms. The second-order valence-corrected chi connectivity index (χ2v) is 8.38. The van der Waals surface area contributed by atoms with Crippen LogP contribution < -0.4 is 4.74 Å². The summed E-state index contributed by atoms with van der Waals surface area (Å²) in [6, 6.07) is 17.4. The fraction of sp³-hybridized carbons (Fsp3) is 0.0870. The summed E-state index contributed by atoms with van der Waals surface area (Å²) in [4.78, 5) is 26.1. The van der Waals surface area contributed by atoms with Crippen molar-refractivity contribution in [3.63, 3.8) is 0 Å². The van der Waals surface area contributed by atoms with Crippen molar-refractivity contribution in [2.45, 2.75) is 6.54 Å². The first-order chi connectivity index (χ1) is 14.9. The quantitative estimate of drug-likeness (QED) is 0.415. The zero-order chi connectivity index (χ0) is 22.0. The highest BCUT2D eigenvalue weighted by Crippen LogP contribution is 2.34. The molecule has 0 radical (unpaired) electrons. The number of benzene rings is 2. The Labute approximate surface area is 188 Å². The van der Waals surface area contributed by atoms with Crippen LogP contribution in [0.3, 0.4) is 0 Å². The average Bonchev–Trinajstić information content (AvgIpc) is 3.35. The Kier molecular flexibility index (Phi) is 5.92. The molecule has 1 fully saturated rings. The van der Waals surface area contributed by atoms with Gasteiger partial charge in [-0.05, 0) is 42.0 Å². The van der Waals surface area contributed by atoms with Gasteiger partial charge < -0.3 is 14.3 Å². The van der Waals surface area contributed by atoms with E-state index in [-0.39, 0.29) is 11.5 Å². The highest BCUT2D eigenvalue weighted by Gasteiger charge is 2.32. The summed E-state index contributed by atoms with van der Waals surface area (Å²) in [6.07, 6.45) is 1.65. The van der Waals surface area contributed by atoms with E-state index in [0.29, 0.717) is 32.9 Å². The van der Waals surface area contributed by atoms with Gasteiger partial charge in [0.25, 0.3) is 5.91 Å². The molecule has 0 unspecified atom stereocenters. The van der Waals surface area contributed by atoms with Crippen LogP contribution in [0.15, 0.2) is 70.0 Å². The molecule has 2 aromatic carbocycles. The van der Waals surface area contributed by atoms with Gasteiger partial charge in [-0.2, -0.15) is 0 Å². The van der Waals surface area contributed by atoms with Gasteiger partial charge >= 0.3 is 5.97 Å². The number of aromatic carboxylic acids is 1. The minimum Gasteiger partial charge on any atom is -0.497 e. The van der Waals surface area contributed by atoms with Crippen LogP contribution in [0.5, 0.6) is 5.75 Å². The summed E-state index contributed by atoms with van der Waals surface area (Å²) < 4.78 is 11.5. The van der Waals surface area contributed by atoms with Crippen molar-refractivity contribution in [1.82, 2.24) is 4.90 Å². The molecule has 0 aliphatic carbocycles. The molecule has 31 heavy (non-hydrogen) atoms. The molecule has 6 nitrogen and oxygen atoms in total. The maximum atomic E-state index is 12.9. The first-order valence-electron chi connectivity index (χ1n) is 9.26. The molecule has 1 aliphatic heterocycles. The van der Waals surface area contributed by atoms with E-state index >= 15 is 0 Å². The van der Waals surface area contributed by atoms with E-state index in [0.717, 1.165) is 11.3 Å². The minimum absolute atomic E-state index is 0.176. The monoisotopic (exact) mass is 451 g/mol. The van der Waals surface area contributed by atoms with Gasteiger partial charge in [-0.25, -0.2) is 4.79 Å². The zero-order valence-electron chi connectivity index (χ0n) is 16.4. The third kappa shape index (κ3) is 4.55. The summed E-state index contributed by atoms with van der Waals surface area (Å²) in [5, 5.41) is 9.16. The number of thioether (sulfide) groups is 1. The van der Waals surface area contributed by atoms with Crippen LogP contribution >= 0.6 is 24.0 Å². The van der Waals surface area contributed by atoms with Gasteiger partial charge in [0.15, 0.2) is 0 Å². The Hall–Kier alpha value is -3.36. The number of furan rings is 1. The third-order valence-electron chi connectivity index (χ3n) is 4.67. The van der Waals surface area contributed by atoms with Gasteiger partial charge in [-0.15, -0.1) is 0 Å². The van der Waals surface area contributed by atoms with Crippen molar-refractivity contribution in [1.29, 1.82) is 0 Å². The summed E-state index contributed by atoms with van der Waals surface area (Å²) in [5.74, 6) is 0.561. The lowest BCUT2D eigenvalue weighted by Crippen LogP contribution is -2.27. The molecular weight excluding hydrogens is 434 g/mol. The van der Waals surface area contributed by atoms with Crippen LogP contribution in [0.1, 0.15) is 21.7 Å². The number of carboxylic acids is 1. The largest absolute Gasteiger partial charge is 0.497 e. The van der Waals surface area contributed by atoms with Gasteiger partial charge in [0.2, 0.25) is 0 Å². The van der Waals surface area contributed by atoms with Gasteiger partial charge in [-0.1, -0.05) is 48.2 Å². The second-order valence-electron chi connectivity index (χ2n) is 6.70. The summed E-state index contributed by atoms with van der Waals surface area (Å²) >= 11 is 6.62. The first-order valence-corrected chi connectivity index (χ1v) is 10.5. The number of amides is 1. The Morgan fingerprint density at radius 1 is 1.19 bits per heavy atom. The number of hydrogen-bond acceptors (Lipinski definition) is 6. The van der Waals surface area contributed by atoms with Gasteiger partial charge in [-0.3, -0.25) is 9.69 Å². The van der Waals surface area contributed by atoms with Crippen molar-refractivity contribution >= 4 is 46.3 Å². The van der Waals surface area contributed by atoms with Crippen LogP contribution in [0.25, 0.3) is 17.4 Å². The lowest BCUT2D eigenvalue weighted by Gasteiger charge is -2.14. The van der Waals surface area contributed by atoms with Gasteiger partial charge in [0, 0.05) is 11.6 Å². The smallest absolute Gasteiger partial charge is 0.335 e. The predicted molar refractivity (Wildman–Crippen MR) is 123 cm³/mol. The van der Waals surface area contributed by atoms with Crippen molar-refractivity contribution in [3.05, 3.63) is 82.5 Å². The number of rotatable bonds is 6. The molecule has 2 heterocycles. The minimum atomic E-state index is -1.01. The van der Waals surface area contributed by atoms with E-state index < -0.39 is 5.97 Å². The summed E-state index contributed by atoms with van der Waals surface area (Å²) in [7, 11) is 1.60. The number of carbonyl (C=O) groups excluding carboxylic acids is 1. The number of hydrogen-bond donors (Lipinski definition) is 1. The lowest BCUT2D eigenvalue weighted by atomic mass is 10.1. The van der Waals surface area contributed by atoms with Crippen LogP contribution in [0, 0.1) is 0 Å². The van der Waals surface area contributed by atoms with E-state index in [1.54, 1.807) is 48.4 Å². The molecule has 1 amide bonds. The van der Waals surface area contributed by atoms with Crippen molar-refractivity contribution < 1.29 is 23.8 Å². The second kappa shape index (κ2) is 8.79. The van der Waals surface area contributed by atoms with E-state index in [1.807, 2.05) is 24.3 Å². The maximum Gasteiger partial charge on any atom is 0.335 e. The first kappa shape index (κ1) is 20.9. The molecule has 8 heteroatoms. The highest BCUT2D eigenvalue weighted by atomic mass is 32.2. The molecule has 156 valence electrons. The van der Waals surface area contributed by atoms with E-state index in [9.17, 15) is 9.59 Å². The van der Waals surface area contributed by atoms with Crippen molar-refractivity contribution in [3.8, 4) is 17.1 Å². The van der Waals surface area contributed by atoms with Crippen molar-refractivity contribution in [2.75, 3.05) is 7.11 Å². The fourth-order valence-corrected chi connectivity index (χ4v) is 4.31. The fourth-order valence-electron chi connectivity index (χ4n) is 3.07.